The summed E-state index contributed by atoms with van der Waals surface area (Å²) < 4.78 is 31.4. The molecule has 0 bridgehead atoms. The first kappa shape index (κ1) is 19.2. The average Bonchev–Trinajstić information content (AvgIpc) is 3.26. The lowest BCUT2D eigenvalue weighted by Gasteiger charge is -2.07. The van der Waals surface area contributed by atoms with E-state index in [1.165, 1.54) is 0 Å². The van der Waals surface area contributed by atoms with Crippen LogP contribution in [0.5, 0.6) is 0 Å². The number of para-hydroxylation sites is 3. The molecule has 0 aliphatic carbocycles. The lowest BCUT2D eigenvalue weighted by atomic mass is 10.1. The first-order valence-corrected chi connectivity index (χ1v) is 11.3. The van der Waals surface area contributed by atoms with E-state index in [1.807, 2.05) is 28.8 Å². The monoisotopic (exact) mass is 411 g/mol. The highest BCUT2D eigenvalue weighted by Crippen LogP contribution is 2.27. The third-order valence-corrected chi connectivity index (χ3v) is 5.51. The summed E-state index contributed by atoms with van der Waals surface area (Å²) in [6.07, 6.45) is 3.63. The summed E-state index contributed by atoms with van der Waals surface area (Å²) in [4.78, 5) is 17.0. The highest BCUT2D eigenvalue weighted by Gasteiger charge is 2.23. The number of carbonyl (C=O) groups is 1. The molecule has 8 heteroatoms. The summed E-state index contributed by atoms with van der Waals surface area (Å²) in [5.74, 6) is -0.589. The van der Waals surface area contributed by atoms with Crippen molar-refractivity contribution in [3.8, 4) is 0 Å². The van der Waals surface area contributed by atoms with Gasteiger partial charge < -0.3 is 14.3 Å². The zero-order valence-electron chi connectivity index (χ0n) is 16.0. The van der Waals surface area contributed by atoms with Gasteiger partial charge in [0.2, 0.25) is 0 Å². The number of aryl methyl sites for hydroxylation is 1. The van der Waals surface area contributed by atoms with Crippen molar-refractivity contribution in [2.75, 3.05) is 12.8 Å². The van der Waals surface area contributed by atoms with Crippen molar-refractivity contribution in [1.82, 2.24) is 14.9 Å². The molecule has 29 heavy (non-hydrogen) atoms. The Balaban J connectivity index is 1.45. The number of imidazole rings is 1. The summed E-state index contributed by atoms with van der Waals surface area (Å²) in [5, 5.41) is 3.48. The fourth-order valence-corrected chi connectivity index (χ4v) is 4.22. The number of benzene rings is 2. The molecule has 2 aromatic carbocycles. The van der Waals surface area contributed by atoms with E-state index >= 15 is 0 Å². The molecule has 0 spiro atoms. The van der Waals surface area contributed by atoms with Crippen molar-refractivity contribution in [3.05, 3.63) is 66.2 Å². The Kier molecular flexibility index (Phi) is 5.10. The minimum atomic E-state index is -3.32. The van der Waals surface area contributed by atoms with Crippen LogP contribution in [0.15, 0.2) is 59.3 Å². The predicted molar refractivity (Wildman–Crippen MR) is 111 cm³/mol. The van der Waals surface area contributed by atoms with E-state index in [4.69, 9.17) is 4.42 Å². The average molecular weight is 411 g/mol. The second kappa shape index (κ2) is 7.71. The number of carbonyl (C=O) groups excluding carboxylic acids is 1. The summed E-state index contributed by atoms with van der Waals surface area (Å²) in [5.41, 5.74) is 2.89. The molecule has 2 heterocycles. The molecular formula is C21H21N3O4S. The Hall–Kier alpha value is -3.13. The number of furan rings is 1. The van der Waals surface area contributed by atoms with Gasteiger partial charge in [0.05, 0.1) is 23.1 Å². The van der Waals surface area contributed by atoms with Crippen LogP contribution in [0.4, 0.5) is 0 Å². The Morgan fingerprint density at radius 3 is 2.72 bits per heavy atom. The Bertz CT molecular complexity index is 1290. The lowest BCUT2D eigenvalue weighted by molar-refractivity contribution is 0.0926. The topological polar surface area (TPSA) is 94.2 Å². The fraction of sp³-hybridized carbons (Fsp3) is 0.238. The molecule has 2 aromatic heterocycles. The number of fused-ring (bicyclic) bond motifs is 2. The van der Waals surface area contributed by atoms with E-state index in [1.54, 1.807) is 30.6 Å². The van der Waals surface area contributed by atoms with E-state index in [0.29, 0.717) is 36.0 Å². The molecule has 7 nitrogen and oxygen atoms in total. The molecule has 1 N–H and O–H groups in total. The first-order valence-electron chi connectivity index (χ1n) is 9.28. The summed E-state index contributed by atoms with van der Waals surface area (Å²) in [7, 11) is -3.32. The molecule has 0 unspecified atom stereocenters. The molecule has 4 aromatic rings. The van der Waals surface area contributed by atoms with Crippen LogP contribution in [0, 0.1) is 0 Å². The van der Waals surface area contributed by atoms with Crippen LogP contribution in [0.2, 0.25) is 0 Å². The third-order valence-electron chi connectivity index (χ3n) is 4.70. The van der Waals surface area contributed by atoms with Crippen molar-refractivity contribution >= 4 is 37.7 Å². The molecule has 150 valence electrons. The molecule has 0 aliphatic rings. The molecule has 1 amide bonds. The summed E-state index contributed by atoms with van der Waals surface area (Å²) in [6.45, 7) is 1.14. The number of amides is 1. The van der Waals surface area contributed by atoms with Crippen LogP contribution in [-0.4, -0.2) is 36.7 Å². The van der Waals surface area contributed by atoms with Crippen molar-refractivity contribution in [1.29, 1.82) is 0 Å². The van der Waals surface area contributed by atoms with Crippen LogP contribution in [0.25, 0.3) is 22.0 Å². The second-order valence-electron chi connectivity index (χ2n) is 7.01. The van der Waals surface area contributed by atoms with Gasteiger partial charge in [-0.1, -0.05) is 30.3 Å². The molecule has 4 rings (SSSR count). The standard InChI is InChI=1S/C21H21N3O4S/c1-29(26,27)13-16-15-7-2-5-10-19(15)28-20(16)21(25)22-11-6-12-24-14-23-17-8-3-4-9-18(17)24/h2-5,7-10,14H,6,11-13H2,1H3,(H,22,25). The van der Waals surface area contributed by atoms with E-state index in [2.05, 4.69) is 10.3 Å². The molecular weight excluding hydrogens is 390 g/mol. The predicted octanol–water partition coefficient (Wildman–Crippen LogP) is 3.15. The fourth-order valence-electron chi connectivity index (χ4n) is 3.41. The van der Waals surface area contributed by atoms with E-state index in [-0.39, 0.29) is 11.5 Å². The Morgan fingerprint density at radius 2 is 1.90 bits per heavy atom. The van der Waals surface area contributed by atoms with Crippen LogP contribution < -0.4 is 5.32 Å². The van der Waals surface area contributed by atoms with Gasteiger partial charge in [0.25, 0.3) is 5.91 Å². The number of nitrogens with zero attached hydrogens (tertiary/aromatic N) is 2. The van der Waals surface area contributed by atoms with Gasteiger partial charge in [-0.15, -0.1) is 0 Å². The van der Waals surface area contributed by atoms with Crippen molar-refractivity contribution in [3.63, 3.8) is 0 Å². The smallest absolute Gasteiger partial charge is 0.287 e. The molecule has 0 aliphatic heterocycles. The number of aromatic nitrogens is 2. The van der Waals surface area contributed by atoms with Crippen molar-refractivity contribution in [2.45, 2.75) is 18.7 Å². The largest absolute Gasteiger partial charge is 0.451 e. The number of hydrogen-bond donors (Lipinski definition) is 1. The molecule has 0 saturated carbocycles. The van der Waals surface area contributed by atoms with Gasteiger partial charge in [0.1, 0.15) is 5.58 Å². The maximum Gasteiger partial charge on any atom is 0.287 e. The third kappa shape index (κ3) is 4.17. The van der Waals surface area contributed by atoms with Gasteiger partial charge in [0, 0.05) is 30.3 Å². The van der Waals surface area contributed by atoms with Gasteiger partial charge in [-0.3, -0.25) is 4.79 Å². The highest BCUT2D eigenvalue weighted by molar-refractivity contribution is 7.89. The number of sulfone groups is 1. The SMILES string of the molecule is CS(=O)(=O)Cc1c(C(=O)NCCCn2cnc3ccccc32)oc2ccccc12. The summed E-state index contributed by atoms with van der Waals surface area (Å²) in [6, 6.07) is 14.9. The highest BCUT2D eigenvalue weighted by atomic mass is 32.2. The zero-order chi connectivity index (χ0) is 20.4. The minimum absolute atomic E-state index is 0.0599. The van der Waals surface area contributed by atoms with Gasteiger partial charge in [-0.05, 0) is 24.6 Å². The van der Waals surface area contributed by atoms with Crippen LogP contribution >= 0.6 is 0 Å². The van der Waals surface area contributed by atoms with E-state index in [9.17, 15) is 13.2 Å². The quantitative estimate of drug-likeness (QED) is 0.472. The van der Waals surface area contributed by atoms with Gasteiger partial charge in [-0.2, -0.15) is 0 Å². The molecule has 0 fully saturated rings. The van der Waals surface area contributed by atoms with E-state index < -0.39 is 15.7 Å². The number of nitrogens with one attached hydrogen (secondary N) is 1. The van der Waals surface area contributed by atoms with Crippen molar-refractivity contribution < 1.29 is 17.6 Å². The Morgan fingerprint density at radius 1 is 1.14 bits per heavy atom. The number of hydrogen-bond acceptors (Lipinski definition) is 5. The van der Waals surface area contributed by atoms with Crippen LogP contribution in [0.3, 0.4) is 0 Å². The molecule has 0 saturated heterocycles. The van der Waals surface area contributed by atoms with Gasteiger partial charge >= 0.3 is 0 Å². The lowest BCUT2D eigenvalue weighted by Crippen LogP contribution is -2.26. The second-order valence-corrected chi connectivity index (χ2v) is 9.15. The van der Waals surface area contributed by atoms with Crippen LogP contribution in [0.1, 0.15) is 22.5 Å². The first-order chi connectivity index (χ1) is 13.9. The molecule has 0 atom stereocenters. The van der Waals surface area contributed by atoms with Gasteiger partial charge in [0.15, 0.2) is 15.6 Å². The van der Waals surface area contributed by atoms with Crippen LogP contribution in [-0.2, 0) is 22.1 Å². The minimum Gasteiger partial charge on any atom is -0.451 e. The summed E-state index contributed by atoms with van der Waals surface area (Å²) >= 11 is 0. The normalized spacial score (nSPS) is 11.9. The van der Waals surface area contributed by atoms with E-state index in [0.717, 1.165) is 17.3 Å². The number of rotatable bonds is 7. The Labute approximate surface area is 168 Å². The van der Waals surface area contributed by atoms with Gasteiger partial charge in [-0.25, -0.2) is 13.4 Å². The molecule has 0 radical (unpaired) electrons. The maximum atomic E-state index is 12.7. The maximum absolute atomic E-state index is 12.7. The zero-order valence-corrected chi connectivity index (χ0v) is 16.8. The van der Waals surface area contributed by atoms with Crippen molar-refractivity contribution in [2.24, 2.45) is 0 Å².